The molecular formula is C12H18F3NO4. The molecule has 2 unspecified atom stereocenters. The third-order valence-electron chi connectivity index (χ3n) is 3.55. The maximum absolute atomic E-state index is 12.9. The molecule has 1 fully saturated rings. The number of halogens is 3. The van der Waals surface area contributed by atoms with Gasteiger partial charge < -0.3 is 14.7 Å². The molecule has 0 saturated carbocycles. The van der Waals surface area contributed by atoms with Crippen LogP contribution >= 0.6 is 0 Å². The molecule has 0 aromatic rings. The topological polar surface area (TPSA) is 66.8 Å². The molecule has 0 bridgehead atoms. The van der Waals surface area contributed by atoms with Gasteiger partial charge in [0.2, 0.25) is 5.91 Å². The molecule has 0 aromatic heterocycles. The number of likely N-dealkylation sites (tertiary alicyclic amines) is 1. The van der Waals surface area contributed by atoms with Crippen molar-refractivity contribution in [3.63, 3.8) is 0 Å². The second kappa shape index (κ2) is 5.99. The number of amides is 1. The van der Waals surface area contributed by atoms with Gasteiger partial charge in [0.15, 0.2) is 5.41 Å². The van der Waals surface area contributed by atoms with Crippen LogP contribution in [0.4, 0.5) is 13.2 Å². The van der Waals surface area contributed by atoms with Crippen molar-refractivity contribution < 1.29 is 32.6 Å². The maximum Gasteiger partial charge on any atom is 0.406 e. The third-order valence-corrected chi connectivity index (χ3v) is 3.55. The van der Waals surface area contributed by atoms with E-state index < -0.39 is 36.4 Å². The van der Waals surface area contributed by atoms with E-state index in [2.05, 4.69) is 0 Å². The van der Waals surface area contributed by atoms with Crippen LogP contribution in [0.15, 0.2) is 0 Å². The van der Waals surface area contributed by atoms with E-state index in [0.717, 1.165) is 4.90 Å². The SMILES string of the molecule is COCC(C)CC(=O)N1CCC(C(=O)O)(C(F)(F)F)C1. The minimum absolute atomic E-state index is 0.0431. The lowest BCUT2D eigenvalue weighted by Crippen LogP contribution is -2.47. The predicted molar refractivity (Wildman–Crippen MR) is 63.0 cm³/mol. The average molecular weight is 297 g/mol. The highest BCUT2D eigenvalue weighted by Crippen LogP contribution is 2.45. The zero-order valence-electron chi connectivity index (χ0n) is 11.4. The molecule has 2 atom stereocenters. The van der Waals surface area contributed by atoms with E-state index in [4.69, 9.17) is 9.84 Å². The minimum atomic E-state index is -4.87. The van der Waals surface area contributed by atoms with E-state index in [0.29, 0.717) is 6.61 Å². The Hall–Kier alpha value is -1.31. The van der Waals surface area contributed by atoms with Crippen LogP contribution in [0.3, 0.4) is 0 Å². The Labute approximate surface area is 114 Å². The number of ether oxygens (including phenoxy) is 1. The lowest BCUT2D eigenvalue weighted by molar-refractivity contribution is -0.227. The first-order valence-electron chi connectivity index (χ1n) is 6.21. The first-order valence-corrected chi connectivity index (χ1v) is 6.21. The van der Waals surface area contributed by atoms with Gasteiger partial charge in [-0.25, -0.2) is 0 Å². The molecule has 116 valence electrons. The van der Waals surface area contributed by atoms with E-state index >= 15 is 0 Å². The fourth-order valence-corrected chi connectivity index (χ4v) is 2.32. The summed E-state index contributed by atoms with van der Waals surface area (Å²) in [6.07, 6.45) is -5.43. The van der Waals surface area contributed by atoms with Crippen molar-refractivity contribution in [3.05, 3.63) is 0 Å². The second-order valence-corrected chi connectivity index (χ2v) is 5.21. The predicted octanol–water partition coefficient (Wildman–Crippen LogP) is 1.52. The molecule has 5 nitrogen and oxygen atoms in total. The molecule has 1 N–H and O–H groups in total. The lowest BCUT2D eigenvalue weighted by Gasteiger charge is -2.27. The Morgan fingerprint density at radius 2 is 2.05 bits per heavy atom. The Bertz CT molecular complexity index is 385. The van der Waals surface area contributed by atoms with E-state index in [1.165, 1.54) is 7.11 Å². The fourth-order valence-electron chi connectivity index (χ4n) is 2.32. The van der Waals surface area contributed by atoms with Crippen LogP contribution < -0.4 is 0 Å². The van der Waals surface area contributed by atoms with E-state index in [9.17, 15) is 22.8 Å². The van der Waals surface area contributed by atoms with Gasteiger partial charge in [0.25, 0.3) is 0 Å². The number of carbonyl (C=O) groups is 2. The van der Waals surface area contributed by atoms with Gasteiger partial charge in [0, 0.05) is 33.2 Å². The summed E-state index contributed by atoms with van der Waals surface area (Å²) in [5.41, 5.74) is -2.84. The Kier molecular flexibility index (Phi) is 5.01. The van der Waals surface area contributed by atoms with Gasteiger partial charge in [-0.3, -0.25) is 9.59 Å². The van der Waals surface area contributed by atoms with E-state index in [1.807, 2.05) is 0 Å². The van der Waals surface area contributed by atoms with Crippen LogP contribution in [-0.4, -0.2) is 54.9 Å². The summed E-state index contributed by atoms with van der Waals surface area (Å²) in [6, 6.07) is 0. The van der Waals surface area contributed by atoms with Crippen LogP contribution in [0.2, 0.25) is 0 Å². The van der Waals surface area contributed by atoms with Crippen LogP contribution in [0.25, 0.3) is 0 Å². The fraction of sp³-hybridized carbons (Fsp3) is 0.833. The first-order chi connectivity index (χ1) is 9.14. The zero-order chi connectivity index (χ0) is 15.6. The van der Waals surface area contributed by atoms with Crippen molar-refractivity contribution in [2.75, 3.05) is 26.8 Å². The highest BCUT2D eigenvalue weighted by molar-refractivity contribution is 5.81. The van der Waals surface area contributed by atoms with Gasteiger partial charge in [-0.05, 0) is 12.3 Å². The van der Waals surface area contributed by atoms with Crippen molar-refractivity contribution in [2.45, 2.75) is 25.9 Å². The number of hydrogen-bond acceptors (Lipinski definition) is 3. The van der Waals surface area contributed by atoms with Crippen molar-refractivity contribution in [1.82, 2.24) is 4.90 Å². The summed E-state index contributed by atoms with van der Waals surface area (Å²) in [4.78, 5) is 23.8. The number of carboxylic acid groups (broad SMARTS) is 1. The van der Waals surface area contributed by atoms with Gasteiger partial charge in [-0.2, -0.15) is 13.2 Å². The molecule has 8 heteroatoms. The third kappa shape index (κ3) is 3.23. The number of aliphatic carboxylic acids is 1. The molecule has 1 aliphatic rings. The van der Waals surface area contributed by atoms with Crippen molar-refractivity contribution in [2.24, 2.45) is 11.3 Å². The minimum Gasteiger partial charge on any atom is -0.481 e. The Morgan fingerprint density at radius 3 is 2.45 bits per heavy atom. The molecule has 1 heterocycles. The number of carbonyl (C=O) groups excluding carboxylic acids is 1. The van der Waals surface area contributed by atoms with E-state index in [-0.39, 0.29) is 18.9 Å². The number of nitrogens with zero attached hydrogens (tertiary/aromatic N) is 1. The first kappa shape index (κ1) is 16.7. The highest BCUT2D eigenvalue weighted by atomic mass is 19.4. The van der Waals surface area contributed by atoms with Crippen LogP contribution in [0.5, 0.6) is 0 Å². The van der Waals surface area contributed by atoms with Crippen LogP contribution in [0.1, 0.15) is 19.8 Å². The number of hydrogen-bond donors (Lipinski definition) is 1. The molecule has 1 aliphatic heterocycles. The van der Waals surface area contributed by atoms with Gasteiger partial charge in [-0.1, -0.05) is 6.92 Å². The monoisotopic (exact) mass is 297 g/mol. The number of carboxylic acids is 1. The summed E-state index contributed by atoms with van der Waals surface area (Å²) in [5.74, 6) is -2.52. The second-order valence-electron chi connectivity index (χ2n) is 5.21. The summed E-state index contributed by atoms with van der Waals surface area (Å²) < 4.78 is 43.7. The van der Waals surface area contributed by atoms with Crippen LogP contribution in [-0.2, 0) is 14.3 Å². The van der Waals surface area contributed by atoms with Crippen molar-refractivity contribution >= 4 is 11.9 Å². The molecular weight excluding hydrogens is 279 g/mol. The van der Waals surface area contributed by atoms with E-state index in [1.54, 1.807) is 6.92 Å². The van der Waals surface area contributed by atoms with Gasteiger partial charge >= 0.3 is 12.1 Å². The average Bonchev–Trinajstić information content (AvgIpc) is 2.74. The molecule has 20 heavy (non-hydrogen) atoms. The Balaban J connectivity index is 2.75. The molecule has 1 rings (SSSR count). The highest BCUT2D eigenvalue weighted by Gasteiger charge is 2.64. The van der Waals surface area contributed by atoms with Crippen LogP contribution in [0, 0.1) is 11.3 Å². The Morgan fingerprint density at radius 1 is 1.45 bits per heavy atom. The quantitative estimate of drug-likeness (QED) is 0.835. The molecule has 0 radical (unpaired) electrons. The molecule has 0 spiro atoms. The number of methoxy groups -OCH3 is 1. The molecule has 0 aliphatic carbocycles. The smallest absolute Gasteiger partial charge is 0.406 e. The van der Waals surface area contributed by atoms with Crippen molar-refractivity contribution in [1.29, 1.82) is 0 Å². The van der Waals surface area contributed by atoms with Gasteiger partial charge in [-0.15, -0.1) is 0 Å². The summed E-state index contributed by atoms with van der Waals surface area (Å²) in [7, 11) is 1.47. The zero-order valence-corrected chi connectivity index (χ0v) is 11.4. The normalized spacial score (nSPS) is 24.8. The summed E-state index contributed by atoms with van der Waals surface area (Å²) >= 11 is 0. The summed E-state index contributed by atoms with van der Waals surface area (Å²) in [5, 5.41) is 8.89. The van der Waals surface area contributed by atoms with Gasteiger partial charge in [0.1, 0.15) is 0 Å². The lowest BCUT2D eigenvalue weighted by atomic mass is 9.86. The maximum atomic E-state index is 12.9. The summed E-state index contributed by atoms with van der Waals surface area (Å²) in [6.45, 7) is 1.06. The largest absolute Gasteiger partial charge is 0.481 e. The molecule has 1 amide bonds. The van der Waals surface area contributed by atoms with Crippen molar-refractivity contribution in [3.8, 4) is 0 Å². The molecule has 0 aromatic carbocycles. The number of rotatable bonds is 5. The molecule has 1 saturated heterocycles. The number of alkyl halides is 3. The standard InChI is InChI=1S/C12H18F3NO4/c1-8(6-20-2)5-9(17)16-4-3-11(7-16,10(18)19)12(13,14)15/h8H,3-7H2,1-2H3,(H,18,19). The van der Waals surface area contributed by atoms with Gasteiger partial charge in [0.05, 0.1) is 0 Å².